The van der Waals surface area contributed by atoms with Gasteiger partial charge >= 0.3 is 22.4 Å². The average molecular weight is 851 g/mol. The Bertz CT molecular complexity index is 2120. The van der Waals surface area contributed by atoms with Crippen molar-refractivity contribution in [3.8, 4) is 0 Å². The maximum absolute atomic E-state index is 12.7. The van der Waals surface area contributed by atoms with Crippen LogP contribution in [0.3, 0.4) is 0 Å². The minimum Gasteiger partial charge on any atom is -0.387 e. The Morgan fingerprint density at radius 1 is 0.907 bits per heavy atom. The van der Waals surface area contributed by atoms with E-state index in [4.69, 9.17) is 34.7 Å². The molecule has 5 heterocycles. The predicted molar refractivity (Wildman–Crippen MR) is 186 cm³/mol. The monoisotopic (exact) mass is 850 g/mol. The molecular formula is C23H37N10O17P3S. The first-order valence-electron chi connectivity index (χ1n) is 15.1. The molecule has 0 aromatic carbocycles. The van der Waals surface area contributed by atoms with E-state index in [2.05, 4.69) is 45.3 Å². The van der Waals surface area contributed by atoms with Crippen LogP contribution in [0.1, 0.15) is 6.23 Å². The fraction of sp³-hybridized carbons (Fsp3) is 0.609. The zero-order chi connectivity index (χ0) is 40.1. The average Bonchev–Trinajstić information content (AvgIpc) is 3.69. The Balaban J connectivity index is 1.18. The van der Waals surface area contributed by atoms with E-state index in [9.17, 15) is 48.7 Å². The zero-order valence-electron chi connectivity index (χ0n) is 28.4. The van der Waals surface area contributed by atoms with Crippen LogP contribution in [0.5, 0.6) is 0 Å². The summed E-state index contributed by atoms with van der Waals surface area (Å²) < 4.78 is 61.7. The summed E-state index contributed by atoms with van der Waals surface area (Å²) >= 11 is 4.61. The highest BCUT2D eigenvalue weighted by atomic mass is 32.5. The van der Waals surface area contributed by atoms with Crippen molar-refractivity contribution in [2.45, 2.75) is 49.1 Å². The maximum Gasteiger partial charge on any atom is 0.479 e. The van der Waals surface area contributed by atoms with Gasteiger partial charge in [0.1, 0.15) is 42.3 Å². The molecule has 0 saturated carbocycles. The standard InChI is InChI=1S/C23H37N10O17P3S/c1-31(2)11-17(28-23(25)30-19(11)38)32(3)21-15(44-4)13(35)9(48-21)6-46-52(41,42)50-53(43,54)49-51(39,40)45-5-8-12(34)14(36)20(47-8)33-7-26-10-16(33)27-22(24)29-18(10)37/h7-9,12-15,20-21,34-36H,5-6H2,1-4H3,(H,39,40)(H,41,42)(H,43,54)(H3,24,27,29,37)(H3,25,28,30,38). The smallest absolute Gasteiger partial charge is 0.387 e. The summed E-state index contributed by atoms with van der Waals surface area (Å²) in [6.45, 7) is -7.05. The number of anilines is 4. The molecule has 2 saturated heterocycles. The first-order chi connectivity index (χ1) is 25.0. The third-order valence-corrected chi connectivity index (χ3v) is 13.4. The molecule has 3 aromatic heterocycles. The molecule has 54 heavy (non-hydrogen) atoms. The molecule has 2 fully saturated rings. The van der Waals surface area contributed by atoms with E-state index in [1.165, 1.54) is 24.0 Å². The fourth-order valence-corrected chi connectivity index (χ4v) is 10.6. The van der Waals surface area contributed by atoms with Gasteiger partial charge in [-0.05, 0) is 11.8 Å². The molecule has 0 bridgehead atoms. The van der Waals surface area contributed by atoms with Crippen LogP contribution >= 0.6 is 22.4 Å². The number of likely N-dealkylation sites (N-methyl/N-ethyl adjacent to an activating group) is 1. The van der Waals surface area contributed by atoms with Crippen molar-refractivity contribution in [2.24, 2.45) is 0 Å². The van der Waals surface area contributed by atoms with Crippen molar-refractivity contribution >= 4 is 68.7 Å². The van der Waals surface area contributed by atoms with Crippen molar-refractivity contribution < 1.29 is 71.0 Å². The number of nitrogens with zero attached hydrogens (tertiary/aromatic N) is 6. The van der Waals surface area contributed by atoms with Gasteiger partial charge in [-0.1, -0.05) is 0 Å². The maximum atomic E-state index is 12.7. The van der Waals surface area contributed by atoms with Gasteiger partial charge in [-0.25, -0.2) is 22.7 Å². The molecule has 0 amide bonds. The van der Waals surface area contributed by atoms with Gasteiger partial charge in [0.2, 0.25) is 11.9 Å². The normalized spacial score (nSPS) is 29.1. The molecule has 11 unspecified atom stereocenters. The molecule has 5 rings (SSSR count). The lowest BCUT2D eigenvalue weighted by Gasteiger charge is -2.31. The van der Waals surface area contributed by atoms with Gasteiger partial charge in [0, 0.05) is 28.3 Å². The second-order valence-corrected chi connectivity index (χ2v) is 17.9. The molecule has 2 aliphatic rings. The summed E-state index contributed by atoms with van der Waals surface area (Å²) in [6, 6.07) is 0. The minimum atomic E-state index is -5.47. The lowest BCUT2D eigenvalue weighted by molar-refractivity contribution is -0.0502. The highest BCUT2D eigenvalue weighted by Crippen LogP contribution is 2.68. The Morgan fingerprint density at radius 2 is 1.46 bits per heavy atom. The lowest BCUT2D eigenvalue weighted by Crippen LogP contribution is -2.45. The SMILES string of the molecule is COC1C(O)C(COP(=O)(O)OP(O)(=S)OP(=O)(O)OCC2OC(n3cnc4c(=O)[nH]c(N)nc43)C(O)C2O)OC1N(C)c1nc(N)[nH]c(=O)c1N(C)C. The van der Waals surface area contributed by atoms with E-state index in [-0.39, 0.29) is 34.6 Å². The van der Waals surface area contributed by atoms with Crippen LogP contribution in [0, 0.1) is 0 Å². The van der Waals surface area contributed by atoms with E-state index in [1.54, 1.807) is 14.1 Å². The quantitative estimate of drug-likeness (QED) is 0.0672. The predicted octanol–water partition coefficient (Wildman–Crippen LogP) is -3.23. The molecule has 0 spiro atoms. The van der Waals surface area contributed by atoms with Crippen LogP contribution in [0.25, 0.3) is 11.2 Å². The fourth-order valence-electron chi connectivity index (χ4n) is 5.55. The summed E-state index contributed by atoms with van der Waals surface area (Å²) in [5.74, 6) is -0.477. The largest absolute Gasteiger partial charge is 0.479 e. The number of ether oxygens (including phenoxy) is 3. The summed E-state index contributed by atoms with van der Waals surface area (Å²) in [5, 5.41) is 31.9. The Hall–Kier alpha value is -2.98. The van der Waals surface area contributed by atoms with Crippen LogP contribution in [-0.2, 0) is 52.8 Å². The number of hydrogen-bond acceptors (Lipinski definition) is 22. The number of rotatable bonds is 15. The first kappa shape index (κ1) is 42.2. The lowest BCUT2D eigenvalue weighted by atomic mass is 10.1. The number of nitrogen functional groups attached to an aromatic ring is 2. The number of imidazole rings is 1. The molecule has 11 atom stereocenters. The molecule has 3 aromatic rings. The van der Waals surface area contributed by atoms with Gasteiger partial charge in [-0.3, -0.25) is 33.2 Å². The number of nitrogens with two attached hydrogens (primary N) is 2. The number of phosphoric acid groups is 2. The molecule has 302 valence electrons. The Morgan fingerprint density at radius 3 is 2.04 bits per heavy atom. The Kier molecular flexibility index (Phi) is 12.4. The van der Waals surface area contributed by atoms with Crippen LogP contribution in [0.4, 0.5) is 23.4 Å². The molecule has 0 radical (unpaired) electrons. The molecule has 31 heteroatoms. The number of fused-ring (bicyclic) bond motifs is 1. The molecular weight excluding hydrogens is 813 g/mol. The van der Waals surface area contributed by atoms with Crippen molar-refractivity contribution in [1.29, 1.82) is 0 Å². The van der Waals surface area contributed by atoms with E-state index < -0.39 is 95.8 Å². The van der Waals surface area contributed by atoms with Crippen molar-refractivity contribution in [3.63, 3.8) is 0 Å². The van der Waals surface area contributed by atoms with Gasteiger partial charge in [0.15, 0.2) is 29.4 Å². The van der Waals surface area contributed by atoms with Crippen molar-refractivity contribution in [3.05, 3.63) is 27.0 Å². The zero-order valence-corrected chi connectivity index (χ0v) is 31.9. The highest BCUT2D eigenvalue weighted by molar-refractivity contribution is 8.09. The van der Waals surface area contributed by atoms with Crippen molar-refractivity contribution in [2.75, 3.05) is 62.7 Å². The molecule has 12 N–H and O–H groups in total. The number of H-pyrrole nitrogens is 2. The Labute approximate surface area is 307 Å². The first-order valence-corrected chi connectivity index (χ1v) is 20.7. The summed E-state index contributed by atoms with van der Waals surface area (Å²) in [6.07, 6.45) is -10.7. The minimum absolute atomic E-state index is 0.0320. The van der Waals surface area contributed by atoms with Gasteiger partial charge in [0.25, 0.3) is 11.1 Å². The number of aliphatic hydroxyl groups is 3. The van der Waals surface area contributed by atoms with Gasteiger partial charge in [-0.15, -0.1) is 0 Å². The number of nitrogens with one attached hydrogen (secondary N) is 2. The number of hydrogen-bond donors (Lipinski definition) is 10. The molecule has 2 aliphatic heterocycles. The number of aromatic nitrogens is 6. The van der Waals surface area contributed by atoms with Crippen LogP contribution < -0.4 is 32.4 Å². The van der Waals surface area contributed by atoms with Crippen LogP contribution in [0.15, 0.2) is 15.9 Å². The second kappa shape index (κ2) is 15.9. The highest BCUT2D eigenvalue weighted by Gasteiger charge is 2.49. The van der Waals surface area contributed by atoms with Crippen LogP contribution in [0.2, 0.25) is 0 Å². The third-order valence-electron chi connectivity index (χ3n) is 7.92. The second-order valence-electron chi connectivity index (χ2n) is 11.9. The number of phosphoric ester groups is 2. The third kappa shape index (κ3) is 9.01. The van der Waals surface area contributed by atoms with Crippen molar-refractivity contribution in [1.82, 2.24) is 29.5 Å². The van der Waals surface area contributed by atoms with Crippen LogP contribution in [-0.4, -0.2) is 144 Å². The number of aliphatic hydroxyl groups excluding tert-OH is 3. The van der Waals surface area contributed by atoms with E-state index in [0.717, 1.165) is 10.9 Å². The summed E-state index contributed by atoms with van der Waals surface area (Å²) in [4.78, 5) is 74.9. The van der Waals surface area contributed by atoms with E-state index in [0.29, 0.717) is 0 Å². The topological polar surface area (TPSA) is 388 Å². The number of aromatic amines is 2. The molecule has 27 nitrogen and oxygen atoms in total. The summed E-state index contributed by atoms with van der Waals surface area (Å²) in [5.41, 5.74) is 9.80. The van der Waals surface area contributed by atoms with Gasteiger partial charge in [0.05, 0.1) is 19.5 Å². The van der Waals surface area contributed by atoms with E-state index >= 15 is 0 Å². The summed E-state index contributed by atoms with van der Waals surface area (Å²) in [7, 11) is -5.09. The number of methoxy groups -OCH3 is 1. The van der Waals surface area contributed by atoms with Gasteiger partial charge < -0.3 is 65.5 Å². The molecule has 0 aliphatic carbocycles. The van der Waals surface area contributed by atoms with E-state index in [1.807, 2.05) is 0 Å². The van der Waals surface area contributed by atoms with Gasteiger partial charge in [-0.2, -0.15) is 9.97 Å².